The van der Waals surface area contributed by atoms with E-state index >= 15 is 0 Å². The maximum atomic E-state index is 11.7. The zero-order valence-electron chi connectivity index (χ0n) is 11.3. The van der Waals surface area contributed by atoms with Crippen LogP contribution in [0.5, 0.6) is 0 Å². The number of hydrogen-bond donors (Lipinski definition) is 3. The number of amides is 2. The van der Waals surface area contributed by atoms with E-state index in [9.17, 15) is 9.59 Å². The first kappa shape index (κ1) is 16.5. The van der Waals surface area contributed by atoms with E-state index in [1.807, 2.05) is 19.1 Å². The van der Waals surface area contributed by atoms with Crippen LogP contribution in [0, 0.1) is 6.92 Å². The lowest BCUT2D eigenvalue weighted by Gasteiger charge is -2.15. The van der Waals surface area contributed by atoms with Crippen LogP contribution in [0.1, 0.15) is 12.0 Å². The van der Waals surface area contributed by atoms with Crippen LogP contribution in [0.3, 0.4) is 0 Å². The summed E-state index contributed by atoms with van der Waals surface area (Å²) in [4.78, 5) is 22.3. The van der Waals surface area contributed by atoms with Crippen molar-refractivity contribution < 1.29 is 19.4 Å². The van der Waals surface area contributed by atoms with Gasteiger partial charge >= 0.3 is 12.0 Å². The third-order valence-corrected chi connectivity index (χ3v) is 3.25. The van der Waals surface area contributed by atoms with E-state index in [-0.39, 0.29) is 13.0 Å². The highest BCUT2D eigenvalue weighted by Crippen LogP contribution is 2.23. The Morgan fingerprint density at radius 3 is 2.70 bits per heavy atom. The van der Waals surface area contributed by atoms with Gasteiger partial charge in [0.1, 0.15) is 0 Å². The SMILES string of the molecule is COC(CNC(=O)Nc1ccc(C)cc1Br)CC(=O)O. The van der Waals surface area contributed by atoms with Gasteiger partial charge in [0, 0.05) is 18.1 Å². The second-order valence-electron chi connectivity index (χ2n) is 4.27. The van der Waals surface area contributed by atoms with Crippen molar-refractivity contribution in [2.75, 3.05) is 19.0 Å². The summed E-state index contributed by atoms with van der Waals surface area (Å²) in [5, 5.41) is 13.9. The smallest absolute Gasteiger partial charge is 0.319 e. The predicted molar refractivity (Wildman–Crippen MR) is 79.0 cm³/mol. The van der Waals surface area contributed by atoms with Gasteiger partial charge < -0.3 is 20.5 Å². The van der Waals surface area contributed by atoms with Gasteiger partial charge in [-0.25, -0.2) is 4.79 Å². The molecule has 1 aromatic rings. The number of aliphatic carboxylic acids is 1. The lowest BCUT2D eigenvalue weighted by atomic mass is 10.2. The minimum Gasteiger partial charge on any atom is -0.481 e. The average Bonchev–Trinajstić information content (AvgIpc) is 2.37. The highest BCUT2D eigenvalue weighted by molar-refractivity contribution is 9.10. The summed E-state index contributed by atoms with van der Waals surface area (Å²) in [6.45, 7) is 2.07. The Kier molecular flexibility index (Phi) is 6.47. The molecule has 1 unspecified atom stereocenters. The Morgan fingerprint density at radius 2 is 2.15 bits per heavy atom. The Morgan fingerprint density at radius 1 is 1.45 bits per heavy atom. The molecule has 6 nitrogen and oxygen atoms in total. The standard InChI is InChI=1S/C13H17BrN2O4/c1-8-3-4-11(10(14)5-8)16-13(19)15-7-9(20-2)6-12(17)18/h3-5,9H,6-7H2,1-2H3,(H,17,18)(H2,15,16,19). The number of aryl methyl sites for hydroxylation is 1. The van der Waals surface area contributed by atoms with Gasteiger partial charge in [0.15, 0.2) is 0 Å². The second kappa shape index (κ2) is 7.86. The monoisotopic (exact) mass is 344 g/mol. The van der Waals surface area contributed by atoms with Crippen LogP contribution in [0.15, 0.2) is 22.7 Å². The maximum absolute atomic E-state index is 11.7. The number of urea groups is 1. The lowest BCUT2D eigenvalue weighted by Crippen LogP contribution is -2.37. The van der Waals surface area contributed by atoms with Crippen LogP contribution in [0.4, 0.5) is 10.5 Å². The minimum absolute atomic E-state index is 0.123. The van der Waals surface area contributed by atoms with Crippen LogP contribution >= 0.6 is 15.9 Å². The normalized spacial score (nSPS) is 11.8. The molecule has 0 aromatic heterocycles. The van der Waals surface area contributed by atoms with Crippen molar-refractivity contribution in [3.8, 4) is 0 Å². The van der Waals surface area contributed by atoms with Gasteiger partial charge in [-0.1, -0.05) is 6.07 Å². The summed E-state index contributed by atoms with van der Waals surface area (Å²) in [6, 6.07) is 5.13. The van der Waals surface area contributed by atoms with Gasteiger partial charge in [0.05, 0.1) is 18.2 Å². The summed E-state index contributed by atoms with van der Waals surface area (Å²) in [5.74, 6) is -0.972. The lowest BCUT2D eigenvalue weighted by molar-refractivity contribution is -0.139. The molecule has 0 aliphatic heterocycles. The van der Waals surface area contributed by atoms with E-state index in [1.165, 1.54) is 7.11 Å². The van der Waals surface area contributed by atoms with Crippen molar-refractivity contribution in [3.05, 3.63) is 28.2 Å². The molecular formula is C13H17BrN2O4. The molecule has 0 radical (unpaired) electrons. The summed E-state index contributed by atoms with van der Waals surface area (Å²) in [5.41, 5.74) is 1.71. The summed E-state index contributed by atoms with van der Waals surface area (Å²) in [6.07, 6.45) is -0.718. The Hall–Kier alpha value is -1.60. The number of carbonyl (C=O) groups excluding carboxylic acids is 1. The number of methoxy groups -OCH3 is 1. The molecule has 0 aliphatic carbocycles. The zero-order valence-corrected chi connectivity index (χ0v) is 12.9. The number of carboxylic acid groups (broad SMARTS) is 1. The topological polar surface area (TPSA) is 87.7 Å². The molecule has 1 rings (SSSR count). The van der Waals surface area contributed by atoms with Crippen molar-refractivity contribution >= 4 is 33.6 Å². The predicted octanol–water partition coefficient (Wildman–Crippen LogP) is 2.37. The van der Waals surface area contributed by atoms with E-state index in [0.29, 0.717) is 5.69 Å². The highest BCUT2D eigenvalue weighted by atomic mass is 79.9. The summed E-state index contributed by atoms with van der Waals surface area (Å²) in [7, 11) is 1.41. The number of nitrogens with one attached hydrogen (secondary N) is 2. The third-order valence-electron chi connectivity index (χ3n) is 2.60. The third kappa shape index (κ3) is 5.58. The Balaban J connectivity index is 2.49. The fourth-order valence-electron chi connectivity index (χ4n) is 1.53. The fraction of sp³-hybridized carbons (Fsp3) is 0.385. The largest absolute Gasteiger partial charge is 0.481 e. The quantitative estimate of drug-likeness (QED) is 0.739. The molecule has 0 heterocycles. The Labute approximate surface area is 125 Å². The molecule has 1 atom stereocenters. The molecule has 2 amide bonds. The van der Waals surface area contributed by atoms with Gasteiger partial charge in [-0.15, -0.1) is 0 Å². The molecule has 0 bridgehead atoms. The number of benzene rings is 1. The molecule has 0 aliphatic rings. The van der Waals surface area contributed by atoms with E-state index in [1.54, 1.807) is 6.07 Å². The number of rotatable bonds is 6. The van der Waals surface area contributed by atoms with Crippen molar-refractivity contribution in [3.63, 3.8) is 0 Å². The van der Waals surface area contributed by atoms with E-state index in [0.717, 1.165) is 10.0 Å². The van der Waals surface area contributed by atoms with Crippen molar-refractivity contribution in [1.29, 1.82) is 0 Å². The van der Waals surface area contributed by atoms with Gasteiger partial charge in [0.25, 0.3) is 0 Å². The molecule has 1 aromatic carbocycles. The molecule has 3 N–H and O–H groups in total. The number of anilines is 1. The number of hydrogen-bond acceptors (Lipinski definition) is 3. The fourth-order valence-corrected chi connectivity index (χ4v) is 2.12. The van der Waals surface area contributed by atoms with Crippen molar-refractivity contribution in [2.24, 2.45) is 0 Å². The maximum Gasteiger partial charge on any atom is 0.319 e. The van der Waals surface area contributed by atoms with Gasteiger partial charge in [-0.2, -0.15) is 0 Å². The second-order valence-corrected chi connectivity index (χ2v) is 5.13. The average molecular weight is 345 g/mol. The van der Waals surface area contributed by atoms with Crippen LogP contribution < -0.4 is 10.6 Å². The van der Waals surface area contributed by atoms with Gasteiger partial charge in [0.2, 0.25) is 0 Å². The van der Waals surface area contributed by atoms with Gasteiger partial charge in [-0.05, 0) is 40.5 Å². The first-order valence-corrected chi connectivity index (χ1v) is 6.77. The molecular weight excluding hydrogens is 328 g/mol. The number of carbonyl (C=O) groups is 2. The van der Waals surface area contributed by atoms with E-state index in [4.69, 9.17) is 9.84 Å². The van der Waals surface area contributed by atoms with Crippen LogP contribution in [0.25, 0.3) is 0 Å². The highest BCUT2D eigenvalue weighted by Gasteiger charge is 2.13. The van der Waals surface area contributed by atoms with Crippen LogP contribution in [0.2, 0.25) is 0 Å². The Bertz CT molecular complexity index is 493. The molecule has 0 saturated carbocycles. The molecule has 0 fully saturated rings. The van der Waals surface area contributed by atoms with Crippen molar-refractivity contribution in [1.82, 2.24) is 5.32 Å². The first-order chi connectivity index (χ1) is 9.42. The molecule has 0 spiro atoms. The molecule has 110 valence electrons. The molecule has 20 heavy (non-hydrogen) atoms. The van der Waals surface area contributed by atoms with Crippen molar-refractivity contribution in [2.45, 2.75) is 19.4 Å². The zero-order chi connectivity index (χ0) is 15.1. The van der Waals surface area contributed by atoms with Crippen LogP contribution in [-0.2, 0) is 9.53 Å². The van der Waals surface area contributed by atoms with E-state index in [2.05, 4.69) is 26.6 Å². The summed E-state index contributed by atoms with van der Waals surface area (Å²) < 4.78 is 5.75. The number of ether oxygens (including phenoxy) is 1. The van der Waals surface area contributed by atoms with Gasteiger partial charge in [-0.3, -0.25) is 4.79 Å². The molecule has 0 saturated heterocycles. The number of carboxylic acids is 1. The molecule has 7 heteroatoms. The number of halogens is 1. The summed E-state index contributed by atoms with van der Waals surface area (Å²) >= 11 is 3.36. The first-order valence-electron chi connectivity index (χ1n) is 5.98. The van der Waals surface area contributed by atoms with Crippen LogP contribution in [-0.4, -0.2) is 36.9 Å². The minimum atomic E-state index is -0.972. The van der Waals surface area contributed by atoms with E-state index < -0.39 is 18.1 Å².